The van der Waals surface area contributed by atoms with Crippen molar-refractivity contribution in [3.8, 4) is 5.75 Å². The molecule has 0 aliphatic carbocycles. The maximum atomic E-state index is 6.10. The molecule has 2 aromatic rings. The maximum Gasteiger partial charge on any atom is 0.196 e. The standard InChI is InChI=1S/C16H16BrN3O/c1-21-15-8-3-2-7-13(15)14-10-19-16(18)20(14)12-6-4-5-11(17)9-12/h2-9,14H,10H2,1H3,(H2,18,19). The Kier molecular flexibility index (Phi) is 3.84. The first-order chi connectivity index (χ1) is 10.2. The number of methoxy groups -OCH3 is 1. The van der Waals surface area contributed by atoms with Crippen molar-refractivity contribution in [1.82, 2.24) is 0 Å². The minimum absolute atomic E-state index is 0.0513. The van der Waals surface area contributed by atoms with Crippen molar-refractivity contribution in [2.75, 3.05) is 18.6 Å². The molecular formula is C16H16BrN3O. The fourth-order valence-electron chi connectivity index (χ4n) is 2.61. The third-order valence-corrected chi connectivity index (χ3v) is 4.06. The molecule has 21 heavy (non-hydrogen) atoms. The average Bonchev–Trinajstić information content (AvgIpc) is 2.88. The molecule has 0 saturated heterocycles. The van der Waals surface area contributed by atoms with Crippen LogP contribution in [0.2, 0.25) is 0 Å². The highest BCUT2D eigenvalue weighted by Gasteiger charge is 2.30. The number of nitrogens with zero attached hydrogens (tertiary/aromatic N) is 2. The Bertz CT molecular complexity index is 687. The lowest BCUT2D eigenvalue weighted by Gasteiger charge is -2.27. The van der Waals surface area contributed by atoms with Gasteiger partial charge in [0, 0.05) is 15.7 Å². The molecule has 4 nitrogen and oxygen atoms in total. The summed E-state index contributed by atoms with van der Waals surface area (Å²) in [5, 5.41) is 0. The van der Waals surface area contributed by atoms with E-state index >= 15 is 0 Å². The molecule has 0 radical (unpaired) electrons. The second-order valence-corrected chi connectivity index (χ2v) is 5.72. The lowest BCUT2D eigenvalue weighted by Crippen LogP contribution is -2.36. The van der Waals surface area contributed by atoms with Gasteiger partial charge in [-0.05, 0) is 24.3 Å². The predicted molar refractivity (Wildman–Crippen MR) is 88.8 cm³/mol. The lowest BCUT2D eigenvalue weighted by molar-refractivity contribution is 0.406. The SMILES string of the molecule is COc1ccccc1C1CN=C(N)N1c1cccc(Br)c1. The zero-order chi connectivity index (χ0) is 14.8. The number of nitrogens with two attached hydrogens (primary N) is 1. The van der Waals surface area contributed by atoms with Crippen LogP contribution in [0.3, 0.4) is 0 Å². The van der Waals surface area contributed by atoms with Crippen molar-refractivity contribution in [1.29, 1.82) is 0 Å². The van der Waals surface area contributed by atoms with Crippen molar-refractivity contribution in [2.45, 2.75) is 6.04 Å². The Balaban J connectivity index is 2.03. The largest absolute Gasteiger partial charge is 0.496 e. The number of anilines is 1. The highest BCUT2D eigenvalue weighted by molar-refractivity contribution is 9.10. The van der Waals surface area contributed by atoms with E-state index in [1.165, 1.54) is 0 Å². The van der Waals surface area contributed by atoms with Gasteiger partial charge in [-0.15, -0.1) is 0 Å². The summed E-state index contributed by atoms with van der Waals surface area (Å²) in [6.45, 7) is 0.624. The molecule has 1 unspecified atom stereocenters. The van der Waals surface area contributed by atoms with Crippen molar-refractivity contribution >= 4 is 27.6 Å². The number of guanidine groups is 1. The van der Waals surface area contributed by atoms with Gasteiger partial charge >= 0.3 is 0 Å². The number of benzene rings is 2. The van der Waals surface area contributed by atoms with Crippen LogP contribution < -0.4 is 15.4 Å². The van der Waals surface area contributed by atoms with Gasteiger partial charge in [-0.25, -0.2) is 0 Å². The minimum Gasteiger partial charge on any atom is -0.496 e. The first-order valence-corrected chi connectivity index (χ1v) is 7.47. The summed E-state index contributed by atoms with van der Waals surface area (Å²) in [6.07, 6.45) is 0. The average molecular weight is 346 g/mol. The summed E-state index contributed by atoms with van der Waals surface area (Å²) in [5.74, 6) is 1.39. The van der Waals surface area contributed by atoms with Gasteiger partial charge in [-0.3, -0.25) is 4.99 Å². The lowest BCUT2D eigenvalue weighted by atomic mass is 10.0. The third-order valence-electron chi connectivity index (χ3n) is 3.57. The van der Waals surface area contributed by atoms with Gasteiger partial charge in [-0.2, -0.15) is 0 Å². The zero-order valence-corrected chi connectivity index (χ0v) is 13.2. The normalized spacial score (nSPS) is 17.7. The number of ether oxygens (including phenoxy) is 1. The van der Waals surface area contributed by atoms with E-state index in [1.807, 2.05) is 47.4 Å². The van der Waals surface area contributed by atoms with E-state index in [0.717, 1.165) is 21.5 Å². The molecule has 0 saturated carbocycles. The highest BCUT2D eigenvalue weighted by Crippen LogP contribution is 2.36. The van der Waals surface area contributed by atoms with Crippen LogP contribution in [0.25, 0.3) is 0 Å². The Morgan fingerprint density at radius 2 is 2.05 bits per heavy atom. The summed E-state index contributed by atoms with van der Waals surface area (Å²) in [4.78, 5) is 6.45. The second kappa shape index (κ2) is 5.77. The van der Waals surface area contributed by atoms with Crippen molar-refractivity contribution in [2.24, 2.45) is 10.7 Å². The highest BCUT2D eigenvalue weighted by atomic mass is 79.9. The van der Waals surface area contributed by atoms with Gasteiger partial charge in [0.05, 0.1) is 19.7 Å². The molecule has 0 aromatic heterocycles. The van der Waals surface area contributed by atoms with Gasteiger partial charge in [0.25, 0.3) is 0 Å². The topological polar surface area (TPSA) is 50.9 Å². The maximum absolute atomic E-state index is 6.10. The van der Waals surface area contributed by atoms with Crippen LogP contribution in [-0.4, -0.2) is 19.6 Å². The molecule has 3 rings (SSSR count). The van der Waals surface area contributed by atoms with E-state index in [2.05, 4.69) is 27.0 Å². The smallest absolute Gasteiger partial charge is 0.196 e. The molecule has 108 valence electrons. The molecule has 0 bridgehead atoms. The Labute approximate surface area is 132 Å². The van der Waals surface area contributed by atoms with E-state index < -0.39 is 0 Å². The van der Waals surface area contributed by atoms with Gasteiger partial charge in [-0.1, -0.05) is 40.2 Å². The van der Waals surface area contributed by atoms with Gasteiger partial charge in [0.1, 0.15) is 5.75 Å². The van der Waals surface area contributed by atoms with E-state index in [1.54, 1.807) is 7.11 Å². The molecule has 1 heterocycles. The van der Waals surface area contributed by atoms with Crippen LogP contribution in [0, 0.1) is 0 Å². The fourth-order valence-corrected chi connectivity index (χ4v) is 3.00. The van der Waals surface area contributed by atoms with Crippen LogP contribution in [0.5, 0.6) is 5.75 Å². The zero-order valence-electron chi connectivity index (χ0n) is 11.7. The monoisotopic (exact) mass is 345 g/mol. The quantitative estimate of drug-likeness (QED) is 0.928. The number of para-hydroxylation sites is 1. The fraction of sp³-hybridized carbons (Fsp3) is 0.188. The Morgan fingerprint density at radius 3 is 2.81 bits per heavy atom. The van der Waals surface area contributed by atoms with E-state index in [9.17, 15) is 0 Å². The van der Waals surface area contributed by atoms with Crippen LogP contribution in [-0.2, 0) is 0 Å². The molecule has 5 heteroatoms. The summed E-state index contributed by atoms with van der Waals surface area (Å²) in [7, 11) is 1.68. The number of rotatable bonds is 3. The van der Waals surface area contributed by atoms with Crippen LogP contribution in [0.1, 0.15) is 11.6 Å². The summed E-state index contributed by atoms with van der Waals surface area (Å²) >= 11 is 3.50. The van der Waals surface area contributed by atoms with Gasteiger partial charge in [0.2, 0.25) is 0 Å². The third kappa shape index (κ3) is 2.61. The Morgan fingerprint density at radius 1 is 1.24 bits per heavy atom. The number of halogens is 1. The molecular weight excluding hydrogens is 330 g/mol. The molecule has 0 amide bonds. The second-order valence-electron chi connectivity index (χ2n) is 4.81. The molecule has 1 aliphatic heterocycles. The predicted octanol–water partition coefficient (Wildman–Crippen LogP) is 3.33. The van der Waals surface area contributed by atoms with E-state index in [4.69, 9.17) is 10.5 Å². The van der Waals surface area contributed by atoms with Crippen molar-refractivity contribution in [3.63, 3.8) is 0 Å². The van der Waals surface area contributed by atoms with E-state index in [0.29, 0.717) is 12.5 Å². The van der Waals surface area contributed by atoms with Crippen molar-refractivity contribution in [3.05, 3.63) is 58.6 Å². The summed E-state index contributed by atoms with van der Waals surface area (Å²) in [5.41, 5.74) is 8.20. The summed E-state index contributed by atoms with van der Waals surface area (Å²) < 4.78 is 6.49. The molecule has 0 spiro atoms. The number of hydrogen-bond acceptors (Lipinski definition) is 4. The molecule has 2 aromatic carbocycles. The van der Waals surface area contributed by atoms with Crippen LogP contribution in [0.15, 0.2) is 58.0 Å². The molecule has 2 N–H and O–H groups in total. The first kappa shape index (κ1) is 13.9. The van der Waals surface area contributed by atoms with Crippen molar-refractivity contribution < 1.29 is 4.74 Å². The summed E-state index contributed by atoms with van der Waals surface area (Å²) in [6, 6.07) is 16.1. The minimum atomic E-state index is 0.0513. The van der Waals surface area contributed by atoms with E-state index in [-0.39, 0.29) is 6.04 Å². The molecule has 1 atom stereocenters. The van der Waals surface area contributed by atoms with Crippen LogP contribution >= 0.6 is 15.9 Å². The number of hydrogen-bond donors (Lipinski definition) is 1. The molecule has 1 aliphatic rings. The van der Waals surface area contributed by atoms with Gasteiger partial charge in [0.15, 0.2) is 5.96 Å². The van der Waals surface area contributed by atoms with Gasteiger partial charge < -0.3 is 15.4 Å². The first-order valence-electron chi connectivity index (χ1n) is 6.68. The number of aliphatic imine (C=N–C) groups is 1. The molecule has 0 fully saturated rings. The van der Waals surface area contributed by atoms with Crippen LogP contribution in [0.4, 0.5) is 5.69 Å². The Hall–Kier alpha value is -2.01.